The van der Waals surface area contributed by atoms with E-state index >= 15 is 0 Å². The van der Waals surface area contributed by atoms with Crippen LogP contribution in [0.4, 0.5) is 0 Å². The number of piperazine rings is 1. The van der Waals surface area contributed by atoms with Gasteiger partial charge < -0.3 is 10.2 Å². The van der Waals surface area contributed by atoms with Gasteiger partial charge in [-0.1, -0.05) is 0 Å². The van der Waals surface area contributed by atoms with Crippen molar-refractivity contribution in [2.24, 2.45) is 0 Å². The van der Waals surface area contributed by atoms with E-state index in [2.05, 4.69) is 29.0 Å². The summed E-state index contributed by atoms with van der Waals surface area (Å²) in [7, 11) is 0. The molecule has 2 fully saturated rings. The zero-order chi connectivity index (χ0) is 11.4. The largest absolute Gasteiger partial charge is 0.314 e. The summed E-state index contributed by atoms with van der Waals surface area (Å²) < 4.78 is 0. The molecule has 0 atom stereocenters. The molecule has 0 unspecified atom stereocenters. The maximum Gasteiger partial charge on any atom is 0.0166 e. The van der Waals surface area contributed by atoms with E-state index in [-0.39, 0.29) is 0 Å². The molecule has 0 spiro atoms. The standard InChI is InChI=1S/C13H27N3/c1-13(2,16-11-6-14-7-12-16)5-10-15-8-3-4-9-15/h14H,3-12H2,1-2H3. The average molecular weight is 225 g/mol. The first kappa shape index (κ1) is 12.3. The molecule has 16 heavy (non-hydrogen) atoms. The van der Waals surface area contributed by atoms with Crippen LogP contribution < -0.4 is 5.32 Å². The van der Waals surface area contributed by atoms with Crippen LogP contribution in [0.15, 0.2) is 0 Å². The van der Waals surface area contributed by atoms with Crippen LogP contribution >= 0.6 is 0 Å². The summed E-state index contributed by atoms with van der Waals surface area (Å²) in [4.78, 5) is 5.28. The van der Waals surface area contributed by atoms with E-state index in [1.807, 2.05) is 0 Å². The number of hydrogen-bond donors (Lipinski definition) is 1. The molecule has 0 aliphatic carbocycles. The van der Waals surface area contributed by atoms with Gasteiger partial charge in [-0.3, -0.25) is 4.90 Å². The van der Waals surface area contributed by atoms with Crippen LogP contribution in [0.1, 0.15) is 33.1 Å². The molecular formula is C13H27N3. The van der Waals surface area contributed by atoms with Crippen molar-refractivity contribution >= 4 is 0 Å². The van der Waals surface area contributed by atoms with Crippen molar-refractivity contribution < 1.29 is 0 Å². The lowest BCUT2D eigenvalue weighted by Crippen LogP contribution is -2.54. The van der Waals surface area contributed by atoms with Crippen LogP contribution in [0.25, 0.3) is 0 Å². The fourth-order valence-electron chi connectivity index (χ4n) is 2.87. The molecular weight excluding hydrogens is 198 g/mol. The number of nitrogens with zero attached hydrogens (tertiary/aromatic N) is 2. The van der Waals surface area contributed by atoms with Gasteiger partial charge in [-0.15, -0.1) is 0 Å². The predicted octanol–water partition coefficient (Wildman–Crippen LogP) is 1.16. The number of hydrogen-bond acceptors (Lipinski definition) is 3. The highest BCUT2D eigenvalue weighted by Crippen LogP contribution is 2.21. The summed E-state index contributed by atoms with van der Waals surface area (Å²) in [5.74, 6) is 0. The highest BCUT2D eigenvalue weighted by atomic mass is 15.2. The molecule has 2 heterocycles. The zero-order valence-corrected chi connectivity index (χ0v) is 11.0. The molecule has 0 aromatic heterocycles. The van der Waals surface area contributed by atoms with E-state index in [1.165, 1.54) is 52.0 Å². The maximum atomic E-state index is 3.43. The van der Waals surface area contributed by atoms with Gasteiger partial charge >= 0.3 is 0 Å². The number of likely N-dealkylation sites (tertiary alicyclic amines) is 1. The van der Waals surface area contributed by atoms with Crippen molar-refractivity contribution in [3.05, 3.63) is 0 Å². The third-order valence-electron chi connectivity index (χ3n) is 4.21. The van der Waals surface area contributed by atoms with E-state index in [4.69, 9.17) is 0 Å². The fourth-order valence-corrected chi connectivity index (χ4v) is 2.87. The lowest BCUT2D eigenvalue weighted by Gasteiger charge is -2.42. The first-order chi connectivity index (χ1) is 7.68. The van der Waals surface area contributed by atoms with Crippen LogP contribution in [-0.2, 0) is 0 Å². The lowest BCUT2D eigenvalue weighted by atomic mass is 9.97. The molecule has 2 aliphatic heterocycles. The van der Waals surface area contributed by atoms with Gasteiger partial charge in [0.2, 0.25) is 0 Å². The Morgan fingerprint density at radius 1 is 1.00 bits per heavy atom. The predicted molar refractivity (Wildman–Crippen MR) is 68.8 cm³/mol. The highest BCUT2D eigenvalue weighted by molar-refractivity contribution is 4.86. The fraction of sp³-hybridized carbons (Fsp3) is 1.00. The minimum absolute atomic E-state index is 0.380. The molecule has 0 aromatic carbocycles. The SMILES string of the molecule is CC(C)(CCN1CCCC1)N1CCNCC1. The van der Waals surface area contributed by atoms with Crippen LogP contribution in [0.5, 0.6) is 0 Å². The third-order valence-corrected chi connectivity index (χ3v) is 4.21. The molecule has 3 nitrogen and oxygen atoms in total. The normalized spacial score (nSPS) is 25.1. The van der Waals surface area contributed by atoms with Gasteiger partial charge in [0.15, 0.2) is 0 Å². The summed E-state index contributed by atoms with van der Waals surface area (Å²) in [6, 6.07) is 0. The second kappa shape index (κ2) is 5.48. The van der Waals surface area contributed by atoms with Gasteiger partial charge in [0.25, 0.3) is 0 Å². The van der Waals surface area contributed by atoms with Gasteiger partial charge in [-0.05, 0) is 52.7 Å². The second-order valence-electron chi connectivity index (χ2n) is 5.85. The Hall–Kier alpha value is -0.120. The highest BCUT2D eigenvalue weighted by Gasteiger charge is 2.28. The Balaban J connectivity index is 1.76. The van der Waals surface area contributed by atoms with Crippen molar-refractivity contribution in [1.29, 1.82) is 0 Å². The lowest BCUT2D eigenvalue weighted by molar-refractivity contribution is 0.0859. The Labute approximate surface area is 100 Å². The molecule has 0 bridgehead atoms. The van der Waals surface area contributed by atoms with Gasteiger partial charge in [-0.25, -0.2) is 0 Å². The van der Waals surface area contributed by atoms with Gasteiger partial charge in [0.1, 0.15) is 0 Å². The first-order valence-corrected chi connectivity index (χ1v) is 6.87. The topological polar surface area (TPSA) is 18.5 Å². The van der Waals surface area contributed by atoms with Gasteiger partial charge in [0, 0.05) is 31.7 Å². The molecule has 2 rings (SSSR count). The minimum atomic E-state index is 0.380. The summed E-state index contributed by atoms with van der Waals surface area (Å²) in [5, 5.41) is 3.43. The monoisotopic (exact) mass is 225 g/mol. The molecule has 2 aliphatic rings. The van der Waals surface area contributed by atoms with Crippen LogP contribution in [0.2, 0.25) is 0 Å². The Morgan fingerprint density at radius 3 is 2.25 bits per heavy atom. The molecule has 3 heteroatoms. The molecule has 0 radical (unpaired) electrons. The molecule has 0 aromatic rings. The van der Waals surface area contributed by atoms with E-state index < -0.39 is 0 Å². The van der Waals surface area contributed by atoms with E-state index in [9.17, 15) is 0 Å². The summed E-state index contributed by atoms with van der Waals surface area (Å²) in [6.45, 7) is 13.5. The summed E-state index contributed by atoms with van der Waals surface area (Å²) >= 11 is 0. The van der Waals surface area contributed by atoms with Crippen molar-refractivity contribution in [3.63, 3.8) is 0 Å². The Morgan fingerprint density at radius 2 is 1.62 bits per heavy atom. The summed E-state index contributed by atoms with van der Waals surface area (Å²) in [5.41, 5.74) is 0.380. The maximum absolute atomic E-state index is 3.43. The van der Waals surface area contributed by atoms with E-state index in [1.54, 1.807) is 0 Å². The number of nitrogens with one attached hydrogen (secondary N) is 1. The van der Waals surface area contributed by atoms with Crippen molar-refractivity contribution in [2.75, 3.05) is 45.8 Å². The van der Waals surface area contributed by atoms with Crippen LogP contribution in [-0.4, -0.2) is 61.2 Å². The van der Waals surface area contributed by atoms with Gasteiger partial charge in [-0.2, -0.15) is 0 Å². The van der Waals surface area contributed by atoms with Gasteiger partial charge in [0.05, 0.1) is 0 Å². The van der Waals surface area contributed by atoms with Crippen LogP contribution in [0.3, 0.4) is 0 Å². The van der Waals surface area contributed by atoms with Crippen LogP contribution in [0, 0.1) is 0 Å². The Kier molecular flexibility index (Phi) is 4.22. The molecule has 94 valence electrons. The van der Waals surface area contributed by atoms with Crippen molar-refractivity contribution in [1.82, 2.24) is 15.1 Å². The zero-order valence-electron chi connectivity index (χ0n) is 11.0. The number of rotatable bonds is 4. The first-order valence-electron chi connectivity index (χ1n) is 6.87. The second-order valence-corrected chi connectivity index (χ2v) is 5.85. The van der Waals surface area contributed by atoms with Crippen molar-refractivity contribution in [3.8, 4) is 0 Å². The van der Waals surface area contributed by atoms with E-state index in [0.29, 0.717) is 5.54 Å². The molecule has 0 saturated carbocycles. The minimum Gasteiger partial charge on any atom is -0.314 e. The molecule has 1 N–H and O–H groups in total. The average Bonchev–Trinajstić information content (AvgIpc) is 2.81. The quantitative estimate of drug-likeness (QED) is 0.774. The molecule has 2 saturated heterocycles. The summed E-state index contributed by atoms with van der Waals surface area (Å²) in [6.07, 6.45) is 4.13. The Bertz CT molecular complexity index is 203. The molecule has 0 amide bonds. The third kappa shape index (κ3) is 3.19. The van der Waals surface area contributed by atoms with Crippen molar-refractivity contribution in [2.45, 2.75) is 38.6 Å². The van der Waals surface area contributed by atoms with E-state index in [0.717, 1.165) is 13.1 Å². The smallest absolute Gasteiger partial charge is 0.0166 e.